The third-order valence-corrected chi connectivity index (χ3v) is 5.16. The Morgan fingerprint density at radius 1 is 1.18 bits per heavy atom. The number of para-hydroxylation sites is 1. The smallest absolute Gasteiger partial charge is 0.318 e. The molecule has 1 N–H and O–H groups in total. The van der Waals surface area contributed by atoms with Crippen LogP contribution in [-0.2, 0) is 0 Å². The molecule has 28 heavy (non-hydrogen) atoms. The van der Waals surface area contributed by atoms with Gasteiger partial charge in [0, 0.05) is 12.6 Å². The number of carbonyl (C=O) groups excluding carboxylic acids is 1. The number of nitrogens with one attached hydrogen (secondary N) is 1. The fourth-order valence-corrected chi connectivity index (χ4v) is 3.34. The van der Waals surface area contributed by atoms with Crippen molar-refractivity contribution in [3.63, 3.8) is 0 Å². The number of hydrogen-bond acceptors (Lipinski definition) is 4. The summed E-state index contributed by atoms with van der Waals surface area (Å²) in [7, 11) is 3.43. The summed E-state index contributed by atoms with van der Waals surface area (Å²) in [5.74, 6) is 2.25. The highest BCUT2D eigenvalue weighted by atomic mass is 16.6. The van der Waals surface area contributed by atoms with Gasteiger partial charge in [-0.2, -0.15) is 0 Å². The van der Waals surface area contributed by atoms with Gasteiger partial charge in [-0.1, -0.05) is 31.2 Å². The Balaban J connectivity index is 1.73. The predicted molar refractivity (Wildman–Crippen MR) is 108 cm³/mol. The van der Waals surface area contributed by atoms with Crippen LogP contribution < -0.4 is 19.5 Å². The molecule has 0 aliphatic carbocycles. The Morgan fingerprint density at radius 2 is 1.89 bits per heavy atom. The predicted octanol–water partition coefficient (Wildman–Crippen LogP) is 4.32. The molecule has 1 heterocycles. The van der Waals surface area contributed by atoms with Crippen molar-refractivity contribution < 1.29 is 19.0 Å². The van der Waals surface area contributed by atoms with Crippen molar-refractivity contribution >= 4 is 6.03 Å². The number of urea groups is 1. The van der Waals surface area contributed by atoms with Gasteiger partial charge in [-0.3, -0.25) is 0 Å². The van der Waals surface area contributed by atoms with Crippen LogP contribution in [0.4, 0.5) is 4.79 Å². The number of benzene rings is 2. The fourth-order valence-electron chi connectivity index (χ4n) is 3.34. The highest BCUT2D eigenvalue weighted by molar-refractivity contribution is 5.75. The first-order chi connectivity index (χ1) is 13.5. The average molecular weight is 384 g/mol. The molecule has 0 bridgehead atoms. The SMILES string of the molecule is CCC(NC(=O)N(C)C(C)c1ccccc1OC)c1ccc2c(c1)OCCO2. The second-order valence-corrected chi connectivity index (χ2v) is 6.84. The van der Waals surface area contributed by atoms with Gasteiger partial charge >= 0.3 is 6.03 Å². The Bertz CT molecular complexity index is 824. The zero-order valence-electron chi connectivity index (χ0n) is 16.9. The summed E-state index contributed by atoms with van der Waals surface area (Å²) < 4.78 is 16.7. The van der Waals surface area contributed by atoms with Gasteiger partial charge in [0.15, 0.2) is 11.5 Å². The number of rotatable bonds is 6. The number of fused-ring (bicyclic) bond motifs is 1. The molecule has 1 aliphatic rings. The Labute approximate surface area is 166 Å². The molecule has 2 aromatic rings. The number of hydrogen-bond donors (Lipinski definition) is 1. The highest BCUT2D eigenvalue weighted by Gasteiger charge is 2.23. The lowest BCUT2D eigenvalue weighted by Gasteiger charge is -2.29. The minimum absolute atomic E-state index is 0.115. The third-order valence-electron chi connectivity index (χ3n) is 5.16. The van der Waals surface area contributed by atoms with Crippen molar-refractivity contribution in [2.24, 2.45) is 0 Å². The zero-order valence-corrected chi connectivity index (χ0v) is 16.9. The summed E-state index contributed by atoms with van der Waals surface area (Å²) in [4.78, 5) is 14.6. The van der Waals surface area contributed by atoms with E-state index in [1.807, 2.05) is 56.3 Å². The minimum Gasteiger partial charge on any atom is -0.496 e. The van der Waals surface area contributed by atoms with E-state index in [9.17, 15) is 4.79 Å². The standard InChI is InChI=1S/C22H28N2O4/c1-5-18(16-10-11-20-21(14-16)28-13-12-27-20)23-22(25)24(3)15(2)17-8-6-7-9-19(17)26-4/h6-11,14-15,18H,5,12-13H2,1-4H3,(H,23,25). The van der Waals surface area contributed by atoms with E-state index in [1.165, 1.54) is 0 Å². The number of nitrogens with zero attached hydrogens (tertiary/aromatic N) is 1. The lowest BCUT2D eigenvalue weighted by molar-refractivity contribution is 0.171. The number of carbonyl (C=O) groups is 1. The van der Waals surface area contributed by atoms with Crippen LogP contribution in [0.3, 0.4) is 0 Å². The van der Waals surface area contributed by atoms with Crippen LogP contribution in [0.5, 0.6) is 17.2 Å². The normalized spacial score (nSPS) is 14.7. The third kappa shape index (κ3) is 4.16. The lowest BCUT2D eigenvalue weighted by Crippen LogP contribution is -2.40. The summed E-state index contributed by atoms with van der Waals surface area (Å²) in [6, 6.07) is 13.2. The molecule has 2 atom stereocenters. The molecule has 0 saturated carbocycles. The second kappa shape index (κ2) is 8.87. The fraction of sp³-hybridized carbons (Fsp3) is 0.409. The van der Waals surface area contributed by atoms with Gasteiger partial charge in [0.05, 0.1) is 19.2 Å². The van der Waals surface area contributed by atoms with E-state index >= 15 is 0 Å². The first-order valence-electron chi connectivity index (χ1n) is 9.61. The van der Waals surface area contributed by atoms with Crippen molar-refractivity contribution in [2.75, 3.05) is 27.4 Å². The van der Waals surface area contributed by atoms with E-state index < -0.39 is 0 Å². The summed E-state index contributed by atoms with van der Waals surface area (Å²) in [5, 5.41) is 3.13. The molecule has 6 heteroatoms. The van der Waals surface area contributed by atoms with Gasteiger partial charge in [-0.15, -0.1) is 0 Å². The molecule has 2 unspecified atom stereocenters. The van der Waals surface area contributed by atoms with Gasteiger partial charge in [0.1, 0.15) is 19.0 Å². The maximum atomic E-state index is 12.9. The quantitative estimate of drug-likeness (QED) is 0.806. The molecule has 0 spiro atoms. The number of methoxy groups -OCH3 is 1. The molecule has 0 saturated heterocycles. The Kier molecular flexibility index (Phi) is 6.29. The van der Waals surface area contributed by atoms with Crippen LogP contribution in [0, 0.1) is 0 Å². The molecule has 2 amide bonds. The zero-order chi connectivity index (χ0) is 20.1. The molecular formula is C22H28N2O4. The number of ether oxygens (including phenoxy) is 3. The van der Waals surface area contributed by atoms with E-state index in [0.717, 1.165) is 34.8 Å². The van der Waals surface area contributed by atoms with Gasteiger partial charge in [-0.25, -0.2) is 4.79 Å². The van der Waals surface area contributed by atoms with Gasteiger partial charge in [0.2, 0.25) is 0 Å². The van der Waals surface area contributed by atoms with Crippen molar-refractivity contribution in [1.29, 1.82) is 0 Å². The van der Waals surface area contributed by atoms with Crippen molar-refractivity contribution in [2.45, 2.75) is 32.4 Å². The van der Waals surface area contributed by atoms with Crippen LogP contribution in [0.2, 0.25) is 0 Å². The summed E-state index contributed by atoms with van der Waals surface area (Å²) >= 11 is 0. The average Bonchev–Trinajstić information content (AvgIpc) is 2.75. The Morgan fingerprint density at radius 3 is 2.61 bits per heavy atom. The van der Waals surface area contributed by atoms with Crippen LogP contribution in [-0.4, -0.2) is 38.3 Å². The van der Waals surface area contributed by atoms with Gasteiger partial charge in [-0.05, 0) is 37.1 Å². The molecule has 0 aromatic heterocycles. The molecular weight excluding hydrogens is 356 g/mol. The molecule has 0 radical (unpaired) electrons. The minimum atomic E-state index is -0.139. The van der Waals surface area contributed by atoms with E-state index in [2.05, 4.69) is 5.32 Å². The number of amides is 2. The largest absolute Gasteiger partial charge is 0.496 e. The monoisotopic (exact) mass is 384 g/mol. The molecule has 1 aliphatic heterocycles. The van der Waals surface area contributed by atoms with Crippen LogP contribution in [0.25, 0.3) is 0 Å². The van der Waals surface area contributed by atoms with Crippen molar-refractivity contribution in [3.8, 4) is 17.2 Å². The maximum absolute atomic E-state index is 12.9. The van der Waals surface area contributed by atoms with Crippen molar-refractivity contribution in [3.05, 3.63) is 53.6 Å². The maximum Gasteiger partial charge on any atom is 0.318 e. The van der Waals surface area contributed by atoms with Gasteiger partial charge < -0.3 is 24.4 Å². The van der Waals surface area contributed by atoms with Crippen LogP contribution in [0.15, 0.2) is 42.5 Å². The molecule has 0 fully saturated rings. The first kappa shape index (κ1) is 19.9. The molecule has 150 valence electrons. The summed E-state index contributed by atoms with van der Waals surface area (Å²) in [5.41, 5.74) is 1.97. The lowest BCUT2D eigenvalue weighted by atomic mass is 10.0. The van der Waals surface area contributed by atoms with E-state index in [4.69, 9.17) is 14.2 Å². The van der Waals surface area contributed by atoms with Gasteiger partial charge in [0.25, 0.3) is 0 Å². The molecule has 3 rings (SSSR count). The molecule has 6 nitrogen and oxygen atoms in total. The molecule has 2 aromatic carbocycles. The van der Waals surface area contributed by atoms with E-state index in [0.29, 0.717) is 13.2 Å². The van der Waals surface area contributed by atoms with Crippen molar-refractivity contribution in [1.82, 2.24) is 10.2 Å². The first-order valence-corrected chi connectivity index (χ1v) is 9.61. The van der Waals surface area contributed by atoms with E-state index in [-0.39, 0.29) is 18.1 Å². The Hall–Kier alpha value is -2.89. The summed E-state index contributed by atoms with van der Waals surface area (Å²) in [6.45, 7) is 5.14. The van der Waals surface area contributed by atoms with Crippen LogP contribution in [0.1, 0.15) is 43.5 Å². The second-order valence-electron chi connectivity index (χ2n) is 6.84. The topological polar surface area (TPSA) is 60.0 Å². The summed E-state index contributed by atoms with van der Waals surface area (Å²) in [6.07, 6.45) is 0.766. The van der Waals surface area contributed by atoms with Crippen LogP contribution >= 0.6 is 0 Å². The highest BCUT2D eigenvalue weighted by Crippen LogP contribution is 2.34. The van der Waals surface area contributed by atoms with E-state index in [1.54, 1.807) is 19.1 Å².